The summed E-state index contributed by atoms with van der Waals surface area (Å²) in [5, 5.41) is 3.73. The first kappa shape index (κ1) is 11.7. The molecule has 1 N–H and O–H groups in total. The lowest BCUT2D eigenvalue weighted by Gasteiger charge is -2.19. The first-order valence-electron chi connectivity index (χ1n) is 6.68. The Hall–Kier alpha value is -0.820. The highest BCUT2D eigenvalue weighted by atomic mass is 14.9. The summed E-state index contributed by atoms with van der Waals surface area (Å²) >= 11 is 0. The maximum atomic E-state index is 3.73. The normalized spacial score (nSPS) is 17.3. The van der Waals surface area contributed by atoms with Crippen molar-refractivity contribution in [3.63, 3.8) is 0 Å². The molecule has 1 nitrogen and oxygen atoms in total. The molecule has 0 amide bonds. The number of hydrogen-bond donors (Lipinski definition) is 1. The van der Waals surface area contributed by atoms with Gasteiger partial charge in [0, 0.05) is 6.04 Å². The first-order valence-corrected chi connectivity index (χ1v) is 6.68. The lowest BCUT2D eigenvalue weighted by molar-refractivity contribution is 0.470. The van der Waals surface area contributed by atoms with Gasteiger partial charge in [0.1, 0.15) is 0 Å². The monoisotopic (exact) mass is 217 g/mol. The van der Waals surface area contributed by atoms with E-state index in [9.17, 15) is 0 Å². The van der Waals surface area contributed by atoms with E-state index in [4.69, 9.17) is 0 Å². The average molecular weight is 217 g/mol. The zero-order chi connectivity index (χ0) is 11.2. The molecule has 0 aromatic heterocycles. The zero-order valence-electron chi connectivity index (χ0n) is 10.3. The molecule has 1 heteroatoms. The van der Waals surface area contributed by atoms with Crippen LogP contribution in [0.5, 0.6) is 0 Å². The summed E-state index contributed by atoms with van der Waals surface area (Å²) in [6, 6.07) is 11.5. The van der Waals surface area contributed by atoms with Crippen LogP contribution in [0.25, 0.3) is 0 Å². The summed E-state index contributed by atoms with van der Waals surface area (Å²) in [7, 11) is 0. The molecule has 1 saturated carbocycles. The second-order valence-corrected chi connectivity index (χ2v) is 4.96. The van der Waals surface area contributed by atoms with Gasteiger partial charge in [-0.2, -0.15) is 0 Å². The minimum absolute atomic E-state index is 0.571. The lowest BCUT2D eigenvalue weighted by Crippen LogP contribution is -2.23. The van der Waals surface area contributed by atoms with Crippen LogP contribution in [0.15, 0.2) is 30.3 Å². The third-order valence-corrected chi connectivity index (χ3v) is 3.40. The summed E-state index contributed by atoms with van der Waals surface area (Å²) in [6.45, 7) is 3.48. The highest BCUT2D eigenvalue weighted by molar-refractivity contribution is 5.18. The molecule has 0 saturated heterocycles. The molecule has 0 bridgehead atoms. The van der Waals surface area contributed by atoms with Crippen LogP contribution in [0.3, 0.4) is 0 Å². The van der Waals surface area contributed by atoms with Gasteiger partial charge < -0.3 is 5.32 Å². The van der Waals surface area contributed by atoms with Crippen molar-refractivity contribution in [2.24, 2.45) is 5.92 Å². The summed E-state index contributed by atoms with van der Waals surface area (Å²) in [5.74, 6) is 0.966. The van der Waals surface area contributed by atoms with Crippen molar-refractivity contribution in [2.75, 3.05) is 6.54 Å². The van der Waals surface area contributed by atoms with E-state index < -0.39 is 0 Å². The standard InChI is InChI=1S/C15H23N/c1-2-3-9-15(16-12-13-10-11-13)14-7-5-4-6-8-14/h4-8,13,15-16H,2-3,9-12H2,1H3. The Morgan fingerprint density at radius 2 is 2.00 bits per heavy atom. The topological polar surface area (TPSA) is 12.0 Å². The Morgan fingerprint density at radius 1 is 1.25 bits per heavy atom. The Bertz CT molecular complexity index is 290. The highest BCUT2D eigenvalue weighted by Crippen LogP contribution is 2.29. The number of unbranched alkanes of at least 4 members (excludes halogenated alkanes) is 1. The van der Waals surface area contributed by atoms with Gasteiger partial charge in [0.2, 0.25) is 0 Å². The number of nitrogens with one attached hydrogen (secondary N) is 1. The molecule has 16 heavy (non-hydrogen) atoms. The third kappa shape index (κ3) is 3.64. The maximum Gasteiger partial charge on any atom is 0.0320 e. The van der Waals surface area contributed by atoms with E-state index in [1.165, 1.54) is 44.2 Å². The van der Waals surface area contributed by atoms with Crippen LogP contribution >= 0.6 is 0 Å². The molecule has 0 heterocycles. The third-order valence-electron chi connectivity index (χ3n) is 3.40. The van der Waals surface area contributed by atoms with Gasteiger partial charge in [-0.15, -0.1) is 0 Å². The average Bonchev–Trinajstić information content (AvgIpc) is 3.14. The molecule has 1 aromatic rings. The summed E-state index contributed by atoms with van der Waals surface area (Å²) in [6.07, 6.45) is 6.74. The van der Waals surface area contributed by atoms with Gasteiger partial charge in [0.25, 0.3) is 0 Å². The van der Waals surface area contributed by atoms with Crippen molar-refractivity contribution in [3.05, 3.63) is 35.9 Å². The quantitative estimate of drug-likeness (QED) is 0.730. The SMILES string of the molecule is CCCCC(NCC1CC1)c1ccccc1. The largest absolute Gasteiger partial charge is 0.310 e. The van der Waals surface area contributed by atoms with Crippen LogP contribution in [0.4, 0.5) is 0 Å². The first-order chi connectivity index (χ1) is 7.90. The van der Waals surface area contributed by atoms with Gasteiger partial charge in [-0.25, -0.2) is 0 Å². The lowest BCUT2D eigenvalue weighted by atomic mass is 10.0. The Labute approximate surface area is 99.3 Å². The number of rotatable bonds is 7. The fourth-order valence-corrected chi connectivity index (χ4v) is 2.11. The molecule has 0 radical (unpaired) electrons. The van der Waals surface area contributed by atoms with Crippen LogP contribution in [-0.4, -0.2) is 6.54 Å². The van der Waals surface area contributed by atoms with E-state index in [0.29, 0.717) is 6.04 Å². The molecular formula is C15H23N. The van der Waals surface area contributed by atoms with Crippen molar-refractivity contribution in [1.29, 1.82) is 0 Å². The van der Waals surface area contributed by atoms with Crippen molar-refractivity contribution >= 4 is 0 Å². The van der Waals surface area contributed by atoms with Gasteiger partial charge in [-0.3, -0.25) is 0 Å². The molecule has 88 valence electrons. The molecule has 1 atom stereocenters. The molecule has 1 aliphatic carbocycles. The van der Waals surface area contributed by atoms with Crippen LogP contribution in [0.1, 0.15) is 50.6 Å². The Morgan fingerprint density at radius 3 is 2.62 bits per heavy atom. The van der Waals surface area contributed by atoms with Crippen LogP contribution < -0.4 is 5.32 Å². The van der Waals surface area contributed by atoms with E-state index >= 15 is 0 Å². The van der Waals surface area contributed by atoms with Gasteiger partial charge in [-0.05, 0) is 37.3 Å². The second-order valence-electron chi connectivity index (χ2n) is 4.96. The minimum atomic E-state index is 0.571. The van der Waals surface area contributed by atoms with Gasteiger partial charge in [0.15, 0.2) is 0 Å². The van der Waals surface area contributed by atoms with Crippen LogP contribution in [0, 0.1) is 5.92 Å². The molecular weight excluding hydrogens is 194 g/mol. The fraction of sp³-hybridized carbons (Fsp3) is 0.600. The van der Waals surface area contributed by atoms with E-state index in [2.05, 4.69) is 42.6 Å². The molecule has 0 aliphatic heterocycles. The predicted molar refractivity (Wildman–Crippen MR) is 69.4 cm³/mol. The zero-order valence-corrected chi connectivity index (χ0v) is 10.3. The highest BCUT2D eigenvalue weighted by Gasteiger charge is 2.22. The Kier molecular flexibility index (Phi) is 4.41. The predicted octanol–water partition coefficient (Wildman–Crippen LogP) is 3.92. The Balaban J connectivity index is 1.89. The minimum Gasteiger partial charge on any atom is -0.310 e. The van der Waals surface area contributed by atoms with E-state index in [1.54, 1.807) is 0 Å². The smallest absolute Gasteiger partial charge is 0.0320 e. The van der Waals surface area contributed by atoms with Crippen molar-refractivity contribution in [3.8, 4) is 0 Å². The van der Waals surface area contributed by atoms with Gasteiger partial charge in [0.05, 0.1) is 0 Å². The van der Waals surface area contributed by atoms with Crippen molar-refractivity contribution < 1.29 is 0 Å². The molecule has 1 unspecified atom stereocenters. The molecule has 1 aliphatic rings. The molecule has 1 aromatic carbocycles. The van der Waals surface area contributed by atoms with Gasteiger partial charge in [-0.1, -0.05) is 50.1 Å². The van der Waals surface area contributed by atoms with Crippen LogP contribution in [0.2, 0.25) is 0 Å². The van der Waals surface area contributed by atoms with Crippen molar-refractivity contribution in [1.82, 2.24) is 5.32 Å². The van der Waals surface area contributed by atoms with Crippen molar-refractivity contribution in [2.45, 2.75) is 45.1 Å². The van der Waals surface area contributed by atoms with E-state index in [1.807, 2.05) is 0 Å². The number of hydrogen-bond acceptors (Lipinski definition) is 1. The van der Waals surface area contributed by atoms with Gasteiger partial charge >= 0.3 is 0 Å². The second kappa shape index (κ2) is 6.05. The summed E-state index contributed by atoms with van der Waals surface area (Å²) in [5.41, 5.74) is 1.46. The summed E-state index contributed by atoms with van der Waals surface area (Å²) in [4.78, 5) is 0. The number of benzene rings is 1. The maximum absolute atomic E-state index is 3.73. The van der Waals surface area contributed by atoms with E-state index in [0.717, 1.165) is 5.92 Å². The fourth-order valence-electron chi connectivity index (χ4n) is 2.11. The molecule has 1 fully saturated rings. The summed E-state index contributed by atoms with van der Waals surface area (Å²) < 4.78 is 0. The molecule has 2 rings (SSSR count). The molecule has 0 spiro atoms. The van der Waals surface area contributed by atoms with Crippen LogP contribution in [-0.2, 0) is 0 Å². The van der Waals surface area contributed by atoms with E-state index in [-0.39, 0.29) is 0 Å².